The summed E-state index contributed by atoms with van der Waals surface area (Å²) in [6.07, 6.45) is 4.18. The number of carbonyl (C=O) groups excluding carboxylic acids is 1. The lowest BCUT2D eigenvalue weighted by atomic mass is 10.2. The molecule has 1 aromatic heterocycles. The van der Waals surface area contributed by atoms with Crippen LogP contribution in [-0.4, -0.2) is 56.9 Å². The maximum atomic E-state index is 11.5. The normalized spacial score (nSPS) is 11.8. The summed E-state index contributed by atoms with van der Waals surface area (Å²) >= 11 is 1.54. The van der Waals surface area contributed by atoms with E-state index < -0.39 is 18.0 Å². The first-order chi connectivity index (χ1) is 9.13. The quantitative estimate of drug-likeness (QED) is 0.528. The Kier molecular flexibility index (Phi) is 6.72. The zero-order valence-electron chi connectivity index (χ0n) is 10.5. The molecule has 0 unspecified atom stereocenters. The zero-order chi connectivity index (χ0) is 14.1. The Bertz CT molecular complexity index is 398. The number of amides is 2. The predicted molar refractivity (Wildman–Crippen MR) is 71.0 cm³/mol. The van der Waals surface area contributed by atoms with Crippen LogP contribution in [0.5, 0.6) is 0 Å². The molecule has 0 bridgehead atoms. The summed E-state index contributed by atoms with van der Waals surface area (Å²) in [6, 6.07) is -1.36. The number of nitrogens with one attached hydrogen (secondary N) is 3. The topological polar surface area (TPSA) is 120 Å². The van der Waals surface area contributed by atoms with Crippen LogP contribution in [0.2, 0.25) is 0 Å². The molecule has 9 heteroatoms. The van der Waals surface area contributed by atoms with Gasteiger partial charge in [-0.3, -0.25) is 5.10 Å². The molecule has 19 heavy (non-hydrogen) atoms. The van der Waals surface area contributed by atoms with E-state index in [-0.39, 0.29) is 0 Å². The van der Waals surface area contributed by atoms with Gasteiger partial charge in [0.2, 0.25) is 0 Å². The lowest BCUT2D eigenvalue weighted by Crippen LogP contribution is -2.46. The summed E-state index contributed by atoms with van der Waals surface area (Å²) in [5.41, 5.74) is 0. The van der Waals surface area contributed by atoms with Crippen LogP contribution in [0.15, 0.2) is 6.33 Å². The summed E-state index contributed by atoms with van der Waals surface area (Å²) in [6.45, 7) is 0.357. The molecule has 0 aliphatic carbocycles. The third-order valence-corrected chi connectivity index (χ3v) is 2.97. The van der Waals surface area contributed by atoms with Crippen LogP contribution in [0.25, 0.3) is 0 Å². The highest BCUT2D eigenvalue weighted by Crippen LogP contribution is 2.00. The molecule has 0 fully saturated rings. The van der Waals surface area contributed by atoms with E-state index >= 15 is 0 Å². The first kappa shape index (κ1) is 15.3. The number of carboxylic acid groups (broad SMARTS) is 1. The molecule has 4 N–H and O–H groups in total. The Morgan fingerprint density at radius 2 is 2.37 bits per heavy atom. The van der Waals surface area contributed by atoms with Crippen LogP contribution in [0.3, 0.4) is 0 Å². The Hall–Kier alpha value is -1.77. The van der Waals surface area contributed by atoms with Gasteiger partial charge in [0.05, 0.1) is 0 Å². The molecule has 1 rings (SSSR count). The van der Waals surface area contributed by atoms with Crippen LogP contribution >= 0.6 is 11.8 Å². The number of urea groups is 1. The molecule has 0 saturated carbocycles. The van der Waals surface area contributed by atoms with Crippen LogP contribution < -0.4 is 10.6 Å². The number of aromatic amines is 1. The van der Waals surface area contributed by atoms with Gasteiger partial charge in [0.25, 0.3) is 0 Å². The van der Waals surface area contributed by atoms with Crippen molar-refractivity contribution in [3.05, 3.63) is 12.2 Å². The Balaban J connectivity index is 2.25. The van der Waals surface area contributed by atoms with Crippen molar-refractivity contribution in [2.75, 3.05) is 18.6 Å². The predicted octanol–water partition coefficient (Wildman–Crippen LogP) is -0.147. The lowest BCUT2D eigenvalue weighted by Gasteiger charge is -2.14. The maximum Gasteiger partial charge on any atom is 0.326 e. The van der Waals surface area contributed by atoms with Gasteiger partial charge in [-0.25, -0.2) is 14.6 Å². The molecule has 0 aliphatic heterocycles. The third kappa shape index (κ3) is 6.09. The highest BCUT2D eigenvalue weighted by molar-refractivity contribution is 7.98. The van der Waals surface area contributed by atoms with Crippen molar-refractivity contribution in [2.24, 2.45) is 0 Å². The minimum absolute atomic E-state index is 0.357. The first-order valence-electron chi connectivity index (χ1n) is 5.74. The standard InChI is InChI=1S/C10H17N5O3S/c1-19-5-3-7(9(16)17)14-10(18)11-4-2-8-12-6-13-15-8/h6-7H,2-5H2,1H3,(H,16,17)(H2,11,14,18)(H,12,13,15)/t7-/m0/s1. The maximum absolute atomic E-state index is 11.5. The van der Waals surface area contributed by atoms with Gasteiger partial charge in [0, 0.05) is 13.0 Å². The molecule has 1 heterocycles. The average Bonchev–Trinajstić information content (AvgIpc) is 2.87. The van der Waals surface area contributed by atoms with Crippen LogP contribution in [-0.2, 0) is 11.2 Å². The smallest absolute Gasteiger partial charge is 0.326 e. The third-order valence-electron chi connectivity index (χ3n) is 2.33. The molecule has 1 atom stereocenters. The average molecular weight is 287 g/mol. The fourth-order valence-electron chi connectivity index (χ4n) is 1.35. The number of carboxylic acids is 1. The minimum atomic E-state index is -1.03. The monoisotopic (exact) mass is 287 g/mol. The fourth-order valence-corrected chi connectivity index (χ4v) is 1.82. The molecule has 2 amide bonds. The summed E-state index contributed by atoms with van der Waals surface area (Å²) in [7, 11) is 0. The van der Waals surface area contributed by atoms with Crippen LogP contribution in [0.4, 0.5) is 4.79 Å². The van der Waals surface area contributed by atoms with Crippen molar-refractivity contribution in [3.63, 3.8) is 0 Å². The van der Waals surface area contributed by atoms with Gasteiger partial charge in [-0.05, 0) is 18.4 Å². The van der Waals surface area contributed by atoms with E-state index in [2.05, 4.69) is 25.8 Å². The van der Waals surface area contributed by atoms with Gasteiger partial charge >= 0.3 is 12.0 Å². The number of aromatic nitrogens is 3. The molecular weight excluding hydrogens is 270 g/mol. The largest absolute Gasteiger partial charge is 0.480 e. The fraction of sp³-hybridized carbons (Fsp3) is 0.600. The number of carbonyl (C=O) groups is 2. The van der Waals surface area contributed by atoms with Crippen LogP contribution in [0.1, 0.15) is 12.2 Å². The van der Waals surface area contributed by atoms with Crippen molar-refractivity contribution >= 4 is 23.8 Å². The van der Waals surface area contributed by atoms with Gasteiger partial charge < -0.3 is 15.7 Å². The van der Waals surface area contributed by atoms with Gasteiger partial charge in [-0.15, -0.1) is 0 Å². The van der Waals surface area contributed by atoms with Crippen molar-refractivity contribution in [1.82, 2.24) is 25.8 Å². The second-order valence-electron chi connectivity index (χ2n) is 3.75. The Labute approximate surface area is 114 Å². The van der Waals surface area contributed by atoms with E-state index in [0.717, 1.165) is 0 Å². The van der Waals surface area contributed by atoms with Gasteiger partial charge in [-0.1, -0.05) is 0 Å². The van der Waals surface area contributed by atoms with Gasteiger partial charge in [0.15, 0.2) is 0 Å². The van der Waals surface area contributed by atoms with E-state index in [9.17, 15) is 9.59 Å². The number of H-pyrrole nitrogens is 1. The van der Waals surface area contributed by atoms with Crippen LogP contribution in [0, 0.1) is 0 Å². The molecule has 8 nitrogen and oxygen atoms in total. The molecular formula is C10H17N5O3S. The molecule has 0 aromatic carbocycles. The summed E-state index contributed by atoms with van der Waals surface area (Å²) in [4.78, 5) is 26.3. The number of hydrogen-bond acceptors (Lipinski definition) is 5. The second kappa shape index (κ2) is 8.35. The first-order valence-corrected chi connectivity index (χ1v) is 7.13. The van der Waals surface area contributed by atoms with Crippen molar-refractivity contribution in [2.45, 2.75) is 18.9 Å². The molecule has 0 radical (unpaired) electrons. The molecule has 106 valence electrons. The van der Waals surface area contributed by atoms with E-state index in [1.165, 1.54) is 18.1 Å². The summed E-state index contributed by atoms with van der Waals surface area (Å²) in [5.74, 6) is 0.312. The highest BCUT2D eigenvalue weighted by atomic mass is 32.2. The number of thioether (sulfide) groups is 1. The minimum Gasteiger partial charge on any atom is -0.480 e. The number of aliphatic carboxylic acids is 1. The SMILES string of the molecule is CSCC[C@H](NC(=O)NCCc1ncn[nH]1)C(=O)O. The number of nitrogens with zero attached hydrogens (tertiary/aromatic N) is 2. The molecule has 0 spiro atoms. The van der Waals surface area contributed by atoms with Crippen molar-refractivity contribution in [1.29, 1.82) is 0 Å². The molecule has 1 aromatic rings. The van der Waals surface area contributed by atoms with E-state index in [1.807, 2.05) is 6.26 Å². The summed E-state index contributed by atoms with van der Waals surface area (Å²) < 4.78 is 0. The second-order valence-corrected chi connectivity index (χ2v) is 4.74. The van der Waals surface area contributed by atoms with Crippen molar-refractivity contribution < 1.29 is 14.7 Å². The number of hydrogen-bond donors (Lipinski definition) is 4. The van der Waals surface area contributed by atoms with E-state index in [4.69, 9.17) is 5.11 Å². The number of rotatable bonds is 8. The summed E-state index contributed by atoms with van der Waals surface area (Å²) in [5, 5.41) is 20.3. The van der Waals surface area contributed by atoms with Gasteiger partial charge in [0.1, 0.15) is 18.2 Å². The zero-order valence-corrected chi connectivity index (χ0v) is 11.4. The Morgan fingerprint density at radius 3 is 2.95 bits per heavy atom. The van der Waals surface area contributed by atoms with Crippen molar-refractivity contribution in [3.8, 4) is 0 Å². The Morgan fingerprint density at radius 1 is 1.58 bits per heavy atom. The van der Waals surface area contributed by atoms with E-state index in [0.29, 0.717) is 31.0 Å². The highest BCUT2D eigenvalue weighted by Gasteiger charge is 2.18. The molecule has 0 saturated heterocycles. The lowest BCUT2D eigenvalue weighted by molar-refractivity contribution is -0.139. The molecule has 0 aliphatic rings. The van der Waals surface area contributed by atoms with Gasteiger partial charge in [-0.2, -0.15) is 16.9 Å². The van der Waals surface area contributed by atoms with E-state index in [1.54, 1.807) is 0 Å².